The minimum absolute atomic E-state index is 0.153. The van der Waals surface area contributed by atoms with E-state index < -0.39 is 0 Å². The van der Waals surface area contributed by atoms with E-state index in [1.165, 1.54) is 0 Å². The number of hydrogen-bond acceptors (Lipinski definition) is 3. The van der Waals surface area contributed by atoms with Gasteiger partial charge >= 0.3 is 0 Å². The quantitative estimate of drug-likeness (QED) is 0.557. The molecule has 4 nitrogen and oxygen atoms in total. The second-order valence-corrected chi connectivity index (χ2v) is 5.75. The Balaban J connectivity index is 1.93. The zero-order valence-corrected chi connectivity index (χ0v) is 13.8. The minimum Gasteiger partial charge on any atom is -0.299 e. The number of carbonyl (C=O) groups excluding carboxylic acids is 1. The van der Waals surface area contributed by atoms with Crippen LogP contribution in [0.25, 0.3) is 0 Å². The van der Waals surface area contributed by atoms with Crippen LogP contribution in [0.15, 0.2) is 53.0 Å². The molecule has 0 radical (unpaired) electrons. The third-order valence-corrected chi connectivity index (χ3v) is 3.52. The van der Waals surface area contributed by atoms with E-state index in [9.17, 15) is 4.79 Å². The number of benzene rings is 2. The van der Waals surface area contributed by atoms with E-state index in [0.29, 0.717) is 10.6 Å². The molecule has 3 N–H and O–H groups in total. The van der Waals surface area contributed by atoms with Gasteiger partial charge in [0.05, 0.1) is 16.3 Å². The molecule has 0 heterocycles. The van der Waals surface area contributed by atoms with Crippen molar-refractivity contribution in [2.24, 2.45) is 0 Å². The predicted molar refractivity (Wildman–Crippen MR) is 92.4 cm³/mol. The molecule has 0 aromatic heterocycles. The van der Waals surface area contributed by atoms with Gasteiger partial charge in [-0.15, -0.1) is 0 Å². The van der Waals surface area contributed by atoms with Crippen molar-refractivity contribution in [2.75, 3.05) is 5.43 Å². The Hall–Kier alpha value is -1.63. The fraction of sp³-hybridized carbons (Fsp3) is 0. The van der Waals surface area contributed by atoms with Crippen molar-refractivity contribution >= 4 is 56.5 Å². The minimum atomic E-state index is -0.381. The number of halogens is 2. The van der Waals surface area contributed by atoms with Crippen LogP contribution in [-0.4, -0.2) is 11.0 Å². The zero-order chi connectivity index (χ0) is 15.2. The second-order valence-electron chi connectivity index (χ2n) is 4.02. The normalized spacial score (nSPS) is 9.81. The maximum Gasteiger partial charge on any atom is 0.259 e. The molecule has 0 fully saturated rings. The molecule has 108 valence electrons. The Bertz CT molecular complexity index is 667. The zero-order valence-electron chi connectivity index (χ0n) is 10.7. The molecule has 2 aromatic carbocycles. The SMILES string of the molecule is O=C(NC(=S)NNc1ccccc1)c1cc(Br)ccc1Cl. The van der Waals surface area contributed by atoms with Gasteiger partial charge in [0.15, 0.2) is 5.11 Å². The lowest BCUT2D eigenvalue weighted by Crippen LogP contribution is -2.42. The summed E-state index contributed by atoms with van der Waals surface area (Å²) >= 11 is 14.3. The molecule has 2 rings (SSSR count). The molecule has 1 amide bonds. The van der Waals surface area contributed by atoms with Crippen LogP contribution in [0.3, 0.4) is 0 Å². The molecule has 0 spiro atoms. The number of para-hydroxylation sites is 1. The number of rotatable bonds is 3. The van der Waals surface area contributed by atoms with Crippen molar-refractivity contribution in [3.8, 4) is 0 Å². The first kappa shape index (κ1) is 15.8. The molecule has 2 aromatic rings. The molecule has 0 atom stereocenters. The monoisotopic (exact) mass is 383 g/mol. The molecule has 0 bridgehead atoms. The van der Waals surface area contributed by atoms with Crippen LogP contribution in [0, 0.1) is 0 Å². The van der Waals surface area contributed by atoms with Crippen LogP contribution < -0.4 is 16.2 Å². The number of nitrogens with one attached hydrogen (secondary N) is 3. The van der Waals surface area contributed by atoms with Gasteiger partial charge in [-0.3, -0.25) is 21.0 Å². The van der Waals surface area contributed by atoms with Crippen molar-refractivity contribution in [1.29, 1.82) is 0 Å². The van der Waals surface area contributed by atoms with Crippen molar-refractivity contribution < 1.29 is 4.79 Å². The van der Waals surface area contributed by atoms with Gasteiger partial charge < -0.3 is 0 Å². The van der Waals surface area contributed by atoms with E-state index in [-0.39, 0.29) is 11.0 Å². The fourth-order valence-electron chi connectivity index (χ4n) is 1.52. The molecule has 7 heteroatoms. The smallest absolute Gasteiger partial charge is 0.259 e. The first-order valence-corrected chi connectivity index (χ1v) is 7.51. The highest BCUT2D eigenvalue weighted by Gasteiger charge is 2.12. The van der Waals surface area contributed by atoms with E-state index in [0.717, 1.165) is 10.2 Å². The van der Waals surface area contributed by atoms with Gasteiger partial charge in [-0.2, -0.15) is 0 Å². The Kier molecular flexibility index (Phi) is 5.55. The first-order valence-electron chi connectivity index (χ1n) is 5.93. The van der Waals surface area contributed by atoms with Gasteiger partial charge in [-0.1, -0.05) is 45.7 Å². The average Bonchev–Trinajstić information content (AvgIpc) is 2.48. The summed E-state index contributed by atoms with van der Waals surface area (Å²) in [6.07, 6.45) is 0. The summed E-state index contributed by atoms with van der Waals surface area (Å²) in [7, 11) is 0. The summed E-state index contributed by atoms with van der Waals surface area (Å²) in [6.45, 7) is 0. The Labute approximate surface area is 141 Å². The summed E-state index contributed by atoms with van der Waals surface area (Å²) in [4.78, 5) is 12.1. The van der Waals surface area contributed by atoms with Crippen LogP contribution in [0.1, 0.15) is 10.4 Å². The summed E-state index contributed by atoms with van der Waals surface area (Å²) in [5, 5.41) is 3.06. The summed E-state index contributed by atoms with van der Waals surface area (Å²) in [6, 6.07) is 14.4. The van der Waals surface area contributed by atoms with Crippen LogP contribution in [0.4, 0.5) is 5.69 Å². The predicted octanol–water partition coefficient (Wildman–Crippen LogP) is 3.73. The molecule has 0 aliphatic rings. The number of anilines is 1. The lowest BCUT2D eigenvalue weighted by Gasteiger charge is -2.12. The highest BCUT2D eigenvalue weighted by Crippen LogP contribution is 2.20. The van der Waals surface area contributed by atoms with E-state index in [4.69, 9.17) is 23.8 Å². The molecule has 21 heavy (non-hydrogen) atoms. The summed E-state index contributed by atoms with van der Waals surface area (Å²) < 4.78 is 0.762. The third-order valence-electron chi connectivity index (χ3n) is 2.49. The highest BCUT2D eigenvalue weighted by atomic mass is 79.9. The lowest BCUT2D eigenvalue weighted by atomic mass is 10.2. The molecule has 0 aliphatic heterocycles. The fourth-order valence-corrected chi connectivity index (χ4v) is 2.23. The van der Waals surface area contributed by atoms with Gasteiger partial charge in [-0.05, 0) is 42.5 Å². The second kappa shape index (κ2) is 7.40. The Morgan fingerprint density at radius 2 is 1.86 bits per heavy atom. The van der Waals surface area contributed by atoms with Crippen LogP contribution in [-0.2, 0) is 0 Å². The maximum absolute atomic E-state index is 12.1. The standard InChI is InChI=1S/C14H11BrClN3OS/c15-9-6-7-12(16)11(8-9)13(20)17-14(21)19-18-10-4-2-1-3-5-10/h1-8,18H,(H2,17,19,20,21). The summed E-state index contributed by atoms with van der Waals surface area (Å²) in [5.41, 5.74) is 6.78. The van der Waals surface area contributed by atoms with Crippen molar-refractivity contribution in [1.82, 2.24) is 10.7 Å². The third kappa shape index (κ3) is 4.70. The number of thiocarbonyl (C=S) groups is 1. The summed E-state index contributed by atoms with van der Waals surface area (Å²) in [5.74, 6) is -0.381. The molecule has 0 aliphatic carbocycles. The van der Waals surface area contributed by atoms with E-state index in [1.54, 1.807) is 18.2 Å². The van der Waals surface area contributed by atoms with Crippen LogP contribution >= 0.6 is 39.7 Å². The number of carbonyl (C=O) groups is 1. The molecule has 0 unspecified atom stereocenters. The number of hydrogen-bond donors (Lipinski definition) is 3. The number of hydrazine groups is 1. The van der Waals surface area contributed by atoms with Crippen molar-refractivity contribution in [3.63, 3.8) is 0 Å². The average molecular weight is 385 g/mol. The Morgan fingerprint density at radius 1 is 1.14 bits per heavy atom. The Morgan fingerprint density at radius 3 is 2.57 bits per heavy atom. The van der Waals surface area contributed by atoms with Gasteiger partial charge in [0.2, 0.25) is 0 Å². The van der Waals surface area contributed by atoms with E-state index in [2.05, 4.69) is 32.1 Å². The van der Waals surface area contributed by atoms with Gasteiger partial charge in [0.25, 0.3) is 5.91 Å². The van der Waals surface area contributed by atoms with Gasteiger partial charge in [0, 0.05) is 4.47 Å². The number of amides is 1. The molecule has 0 saturated heterocycles. The van der Waals surface area contributed by atoms with Crippen molar-refractivity contribution in [2.45, 2.75) is 0 Å². The highest BCUT2D eigenvalue weighted by molar-refractivity contribution is 9.10. The molecular formula is C14H11BrClN3OS. The maximum atomic E-state index is 12.1. The van der Waals surface area contributed by atoms with E-state index >= 15 is 0 Å². The van der Waals surface area contributed by atoms with E-state index in [1.807, 2.05) is 30.3 Å². The first-order chi connectivity index (χ1) is 10.1. The largest absolute Gasteiger partial charge is 0.299 e. The molecular weight excluding hydrogens is 374 g/mol. The van der Waals surface area contributed by atoms with Crippen LogP contribution in [0.5, 0.6) is 0 Å². The van der Waals surface area contributed by atoms with Gasteiger partial charge in [0.1, 0.15) is 0 Å². The van der Waals surface area contributed by atoms with Gasteiger partial charge in [-0.25, -0.2) is 0 Å². The topological polar surface area (TPSA) is 53.2 Å². The van der Waals surface area contributed by atoms with Crippen LogP contribution in [0.2, 0.25) is 5.02 Å². The lowest BCUT2D eigenvalue weighted by molar-refractivity contribution is 0.0977. The van der Waals surface area contributed by atoms with Crippen molar-refractivity contribution in [3.05, 3.63) is 63.6 Å². The molecule has 0 saturated carbocycles.